The molecule has 0 N–H and O–H groups in total. The highest BCUT2D eigenvalue weighted by Gasteiger charge is 2.25. The quantitative estimate of drug-likeness (QED) is 0.799. The van der Waals surface area contributed by atoms with Crippen LogP contribution in [0.3, 0.4) is 0 Å². The summed E-state index contributed by atoms with van der Waals surface area (Å²) in [5.41, 5.74) is 4.13. The van der Waals surface area contributed by atoms with Crippen LogP contribution in [0.4, 0.5) is 5.69 Å². The summed E-state index contributed by atoms with van der Waals surface area (Å²) in [7, 11) is 0. The van der Waals surface area contributed by atoms with Crippen molar-refractivity contribution in [2.75, 3.05) is 37.6 Å². The second kappa shape index (κ2) is 8.02. The molecule has 1 unspecified atom stereocenters. The zero-order valence-electron chi connectivity index (χ0n) is 15.4. The summed E-state index contributed by atoms with van der Waals surface area (Å²) in [5, 5.41) is 4.18. The molecule has 4 heteroatoms. The number of benzene rings is 1. The highest BCUT2D eigenvalue weighted by Crippen LogP contribution is 2.24. The molecule has 1 fully saturated rings. The van der Waals surface area contributed by atoms with E-state index in [1.807, 2.05) is 0 Å². The topological polar surface area (TPSA) is 28.1 Å². The van der Waals surface area contributed by atoms with E-state index in [1.165, 1.54) is 17.0 Å². The summed E-state index contributed by atoms with van der Waals surface area (Å²) in [6.45, 7) is 12.2. The van der Waals surface area contributed by atoms with Gasteiger partial charge in [0.1, 0.15) is 6.10 Å². The van der Waals surface area contributed by atoms with Crippen LogP contribution in [0.25, 0.3) is 0 Å². The molecular formula is C20H31N3O. The standard InChI is InChI=1S/C20H31N3O/c1-4-18-14-19(24-21-18)15-22-9-11-23(12-10-22)20-8-6-5-7-17(20)13-16(2)3/h5-8,16,19H,4,9-15H2,1-3H3. The van der Waals surface area contributed by atoms with Crippen molar-refractivity contribution in [2.24, 2.45) is 11.1 Å². The Kier molecular flexibility index (Phi) is 5.77. The molecule has 0 bridgehead atoms. The summed E-state index contributed by atoms with van der Waals surface area (Å²) in [6.07, 6.45) is 3.44. The van der Waals surface area contributed by atoms with Crippen LogP contribution < -0.4 is 4.90 Å². The van der Waals surface area contributed by atoms with Gasteiger partial charge in [-0.15, -0.1) is 0 Å². The lowest BCUT2D eigenvalue weighted by molar-refractivity contribution is 0.0510. The van der Waals surface area contributed by atoms with Crippen molar-refractivity contribution in [3.63, 3.8) is 0 Å². The molecule has 4 nitrogen and oxygen atoms in total. The molecule has 0 saturated carbocycles. The zero-order chi connectivity index (χ0) is 16.9. The second-order valence-electron chi connectivity index (χ2n) is 7.46. The number of hydrogen-bond donors (Lipinski definition) is 0. The van der Waals surface area contributed by atoms with E-state index in [9.17, 15) is 0 Å². The lowest BCUT2D eigenvalue weighted by atomic mass is 10.0. The average Bonchev–Trinajstić information content (AvgIpc) is 3.03. The van der Waals surface area contributed by atoms with Crippen LogP contribution in [0, 0.1) is 5.92 Å². The summed E-state index contributed by atoms with van der Waals surface area (Å²) in [5.74, 6) is 0.694. The molecule has 0 radical (unpaired) electrons. The van der Waals surface area contributed by atoms with Crippen LogP contribution in [0.15, 0.2) is 29.4 Å². The van der Waals surface area contributed by atoms with E-state index in [4.69, 9.17) is 4.84 Å². The predicted octanol–water partition coefficient (Wildman–Crippen LogP) is 3.56. The number of para-hydroxylation sites is 1. The van der Waals surface area contributed by atoms with Gasteiger partial charge in [-0.1, -0.05) is 44.1 Å². The number of anilines is 1. The fraction of sp³-hybridized carbons (Fsp3) is 0.650. The van der Waals surface area contributed by atoms with Gasteiger partial charge in [0.2, 0.25) is 0 Å². The monoisotopic (exact) mass is 329 g/mol. The van der Waals surface area contributed by atoms with Crippen molar-refractivity contribution in [1.82, 2.24) is 4.90 Å². The van der Waals surface area contributed by atoms with Crippen molar-refractivity contribution < 1.29 is 4.84 Å². The van der Waals surface area contributed by atoms with Crippen LogP contribution in [-0.2, 0) is 11.3 Å². The normalized spacial score (nSPS) is 21.9. The van der Waals surface area contributed by atoms with Gasteiger partial charge in [0.25, 0.3) is 0 Å². The van der Waals surface area contributed by atoms with Crippen LogP contribution in [-0.4, -0.2) is 49.4 Å². The molecule has 2 aliphatic rings. The number of rotatable bonds is 6. The maximum Gasteiger partial charge on any atom is 0.145 e. The molecule has 2 heterocycles. The van der Waals surface area contributed by atoms with E-state index in [2.05, 4.69) is 60.0 Å². The predicted molar refractivity (Wildman–Crippen MR) is 101 cm³/mol. The minimum Gasteiger partial charge on any atom is -0.391 e. The maximum atomic E-state index is 5.57. The molecular weight excluding hydrogens is 298 g/mol. The fourth-order valence-electron chi connectivity index (χ4n) is 3.68. The molecule has 0 aromatic heterocycles. The lowest BCUT2D eigenvalue weighted by Crippen LogP contribution is -2.48. The first-order chi connectivity index (χ1) is 11.7. The Hall–Kier alpha value is -1.55. The zero-order valence-corrected chi connectivity index (χ0v) is 15.4. The number of nitrogens with zero attached hydrogens (tertiary/aromatic N) is 3. The van der Waals surface area contributed by atoms with Gasteiger partial charge >= 0.3 is 0 Å². The van der Waals surface area contributed by atoms with Crippen molar-refractivity contribution in [3.05, 3.63) is 29.8 Å². The van der Waals surface area contributed by atoms with Crippen LogP contribution >= 0.6 is 0 Å². The molecule has 132 valence electrons. The smallest absolute Gasteiger partial charge is 0.145 e. The first-order valence-electron chi connectivity index (χ1n) is 9.42. The molecule has 3 rings (SSSR count). The van der Waals surface area contributed by atoms with Gasteiger partial charge in [0.05, 0.1) is 5.71 Å². The van der Waals surface area contributed by atoms with Gasteiger partial charge in [0.15, 0.2) is 0 Å². The average molecular weight is 329 g/mol. The van der Waals surface area contributed by atoms with Crippen LogP contribution in [0.2, 0.25) is 0 Å². The van der Waals surface area contributed by atoms with Gasteiger partial charge < -0.3 is 9.74 Å². The number of oxime groups is 1. The summed E-state index contributed by atoms with van der Waals surface area (Å²) >= 11 is 0. The molecule has 0 spiro atoms. The summed E-state index contributed by atoms with van der Waals surface area (Å²) < 4.78 is 0. The van der Waals surface area contributed by atoms with E-state index >= 15 is 0 Å². The van der Waals surface area contributed by atoms with Gasteiger partial charge in [-0.25, -0.2) is 0 Å². The molecule has 1 saturated heterocycles. The largest absolute Gasteiger partial charge is 0.391 e. The fourth-order valence-corrected chi connectivity index (χ4v) is 3.68. The first kappa shape index (κ1) is 17.3. The Morgan fingerprint density at radius 1 is 1.17 bits per heavy atom. The highest BCUT2D eigenvalue weighted by molar-refractivity contribution is 5.85. The van der Waals surface area contributed by atoms with E-state index in [-0.39, 0.29) is 6.10 Å². The van der Waals surface area contributed by atoms with Crippen molar-refractivity contribution in [1.29, 1.82) is 0 Å². The van der Waals surface area contributed by atoms with E-state index in [0.29, 0.717) is 5.92 Å². The second-order valence-corrected chi connectivity index (χ2v) is 7.46. The Balaban J connectivity index is 1.52. The number of piperazine rings is 1. The Labute approximate surface area is 146 Å². The number of hydrogen-bond acceptors (Lipinski definition) is 4. The van der Waals surface area contributed by atoms with Gasteiger partial charge in [-0.05, 0) is 30.4 Å². The summed E-state index contributed by atoms with van der Waals surface area (Å²) in [6, 6.07) is 8.91. The lowest BCUT2D eigenvalue weighted by Gasteiger charge is -2.37. The Morgan fingerprint density at radius 2 is 1.92 bits per heavy atom. The molecule has 0 amide bonds. The van der Waals surface area contributed by atoms with Crippen molar-refractivity contribution >= 4 is 11.4 Å². The van der Waals surface area contributed by atoms with Gasteiger partial charge in [0, 0.05) is 44.8 Å². The molecule has 1 aromatic carbocycles. The van der Waals surface area contributed by atoms with E-state index in [1.54, 1.807) is 0 Å². The molecule has 0 aliphatic carbocycles. The Bertz CT molecular complexity index is 562. The molecule has 1 atom stereocenters. The summed E-state index contributed by atoms with van der Waals surface area (Å²) in [4.78, 5) is 10.6. The Morgan fingerprint density at radius 3 is 2.58 bits per heavy atom. The van der Waals surface area contributed by atoms with E-state index in [0.717, 1.165) is 52.0 Å². The van der Waals surface area contributed by atoms with Gasteiger partial charge in [-0.2, -0.15) is 0 Å². The van der Waals surface area contributed by atoms with Crippen LogP contribution in [0.5, 0.6) is 0 Å². The molecule has 24 heavy (non-hydrogen) atoms. The van der Waals surface area contributed by atoms with Crippen molar-refractivity contribution in [2.45, 2.75) is 46.1 Å². The third-order valence-electron chi connectivity index (χ3n) is 5.00. The van der Waals surface area contributed by atoms with Crippen molar-refractivity contribution in [3.8, 4) is 0 Å². The minimum atomic E-state index is 0.264. The highest BCUT2D eigenvalue weighted by atomic mass is 16.6. The van der Waals surface area contributed by atoms with Gasteiger partial charge in [-0.3, -0.25) is 4.90 Å². The third kappa shape index (κ3) is 4.29. The molecule has 2 aliphatic heterocycles. The SMILES string of the molecule is CCC1=NOC(CN2CCN(c3ccccc3CC(C)C)CC2)C1. The minimum absolute atomic E-state index is 0.264. The third-order valence-corrected chi connectivity index (χ3v) is 5.00. The maximum absolute atomic E-state index is 5.57. The first-order valence-corrected chi connectivity index (χ1v) is 9.42. The molecule has 1 aromatic rings. The van der Waals surface area contributed by atoms with E-state index < -0.39 is 0 Å². The van der Waals surface area contributed by atoms with Crippen LogP contribution in [0.1, 0.15) is 39.2 Å².